The van der Waals surface area contributed by atoms with E-state index in [9.17, 15) is 9.59 Å². The lowest BCUT2D eigenvalue weighted by atomic mass is 9.92. The lowest BCUT2D eigenvalue weighted by Crippen LogP contribution is -2.40. The van der Waals surface area contributed by atoms with Crippen molar-refractivity contribution in [1.82, 2.24) is 14.8 Å². The molecule has 1 atom stereocenters. The monoisotopic (exact) mass is 453 g/mol. The molecule has 1 unspecified atom stereocenters. The van der Waals surface area contributed by atoms with Gasteiger partial charge in [0.05, 0.1) is 10.9 Å². The molecule has 5 nitrogen and oxygen atoms in total. The van der Waals surface area contributed by atoms with Gasteiger partial charge in [-0.25, -0.2) is 4.98 Å². The Balaban J connectivity index is 1.34. The van der Waals surface area contributed by atoms with Crippen LogP contribution in [0.25, 0.3) is 0 Å². The van der Waals surface area contributed by atoms with Crippen LogP contribution in [-0.4, -0.2) is 52.8 Å². The lowest BCUT2D eigenvalue weighted by molar-refractivity contribution is -0.134. The van der Waals surface area contributed by atoms with Crippen LogP contribution < -0.4 is 0 Å². The van der Waals surface area contributed by atoms with Gasteiger partial charge in [-0.05, 0) is 37.7 Å². The van der Waals surface area contributed by atoms with E-state index in [1.807, 2.05) is 40.4 Å². The quantitative estimate of drug-likeness (QED) is 0.585. The van der Waals surface area contributed by atoms with Gasteiger partial charge in [0.2, 0.25) is 5.91 Å². The molecule has 1 aliphatic carbocycles. The molecular weight excluding hydrogens is 418 g/mol. The largest absolute Gasteiger partial charge is 0.342 e. The first-order chi connectivity index (χ1) is 15.6. The molecule has 6 heteroatoms. The number of carbonyl (C=O) groups excluding carboxylic acids is 2. The minimum Gasteiger partial charge on any atom is -0.342 e. The smallest absolute Gasteiger partial charge is 0.273 e. The van der Waals surface area contributed by atoms with Gasteiger partial charge in [-0.3, -0.25) is 9.59 Å². The first-order valence-corrected chi connectivity index (χ1v) is 13.0. The standard InChI is InChI=1S/C26H35N3O2S/c1-3-22(19-10-6-4-7-11-19)25(30)29-16-14-20(15-17-29)24-27-23(18-32-24)26(31)28(2)21-12-8-5-9-13-21/h4,6-7,10-11,18,20-22H,3,5,8-9,12-17H2,1-2H3. The van der Waals surface area contributed by atoms with E-state index in [-0.39, 0.29) is 17.7 Å². The Bertz CT molecular complexity index is 899. The zero-order chi connectivity index (χ0) is 22.5. The van der Waals surface area contributed by atoms with Crippen molar-refractivity contribution in [2.75, 3.05) is 20.1 Å². The van der Waals surface area contributed by atoms with E-state index in [1.54, 1.807) is 11.3 Å². The number of thiazole rings is 1. The maximum atomic E-state index is 13.2. The van der Waals surface area contributed by atoms with Crippen molar-refractivity contribution in [2.24, 2.45) is 0 Å². The van der Waals surface area contributed by atoms with Gasteiger partial charge in [-0.2, -0.15) is 0 Å². The molecule has 0 bridgehead atoms. The summed E-state index contributed by atoms with van der Waals surface area (Å²) in [6.07, 6.45) is 8.56. The predicted molar refractivity (Wildman–Crippen MR) is 129 cm³/mol. The lowest BCUT2D eigenvalue weighted by Gasteiger charge is -2.33. The SMILES string of the molecule is CCC(C(=O)N1CCC(c2nc(C(=O)N(C)C3CCCCC3)cs2)CC1)c1ccccc1. The van der Waals surface area contributed by atoms with Crippen molar-refractivity contribution in [1.29, 1.82) is 0 Å². The molecule has 1 saturated heterocycles. The van der Waals surface area contributed by atoms with Crippen molar-refractivity contribution in [3.63, 3.8) is 0 Å². The first-order valence-electron chi connectivity index (χ1n) is 12.1. The summed E-state index contributed by atoms with van der Waals surface area (Å²) >= 11 is 1.60. The van der Waals surface area contributed by atoms with Gasteiger partial charge in [0, 0.05) is 37.5 Å². The van der Waals surface area contributed by atoms with E-state index in [1.165, 1.54) is 19.3 Å². The van der Waals surface area contributed by atoms with Crippen LogP contribution in [0.4, 0.5) is 0 Å². The molecule has 0 N–H and O–H groups in total. The highest BCUT2D eigenvalue weighted by atomic mass is 32.1. The number of aromatic nitrogens is 1. The minimum absolute atomic E-state index is 0.0562. The summed E-state index contributed by atoms with van der Waals surface area (Å²) in [6.45, 7) is 3.61. The van der Waals surface area contributed by atoms with Gasteiger partial charge >= 0.3 is 0 Å². The third-order valence-electron chi connectivity index (χ3n) is 7.25. The van der Waals surface area contributed by atoms with Gasteiger partial charge in [-0.1, -0.05) is 56.5 Å². The van der Waals surface area contributed by atoms with Gasteiger partial charge in [-0.15, -0.1) is 11.3 Å². The molecule has 2 aliphatic rings. The summed E-state index contributed by atoms with van der Waals surface area (Å²) in [5.74, 6) is 0.566. The van der Waals surface area contributed by atoms with E-state index >= 15 is 0 Å². The van der Waals surface area contributed by atoms with E-state index in [0.29, 0.717) is 17.7 Å². The average Bonchev–Trinajstić information content (AvgIpc) is 3.35. The van der Waals surface area contributed by atoms with Gasteiger partial charge in [0.15, 0.2) is 0 Å². The molecule has 4 rings (SSSR count). The molecule has 2 amide bonds. The zero-order valence-electron chi connectivity index (χ0n) is 19.3. The molecule has 32 heavy (non-hydrogen) atoms. The average molecular weight is 454 g/mol. The Morgan fingerprint density at radius 3 is 2.44 bits per heavy atom. The second kappa shape index (κ2) is 10.6. The van der Waals surface area contributed by atoms with E-state index < -0.39 is 0 Å². The predicted octanol–water partition coefficient (Wildman–Crippen LogP) is 5.45. The van der Waals surface area contributed by atoms with Crippen molar-refractivity contribution in [3.8, 4) is 0 Å². The van der Waals surface area contributed by atoms with Crippen molar-refractivity contribution < 1.29 is 9.59 Å². The molecule has 2 aromatic rings. The summed E-state index contributed by atoms with van der Waals surface area (Å²) < 4.78 is 0. The van der Waals surface area contributed by atoms with Gasteiger partial charge in [0.1, 0.15) is 5.69 Å². The molecule has 0 radical (unpaired) electrons. The third-order valence-corrected chi connectivity index (χ3v) is 8.26. The molecular formula is C26H35N3O2S. The molecule has 1 aromatic carbocycles. The Labute approximate surface area is 195 Å². The second-order valence-corrected chi connectivity index (χ2v) is 10.1. The number of piperidine rings is 1. The van der Waals surface area contributed by atoms with E-state index in [4.69, 9.17) is 4.98 Å². The fourth-order valence-corrected chi connectivity index (χ4v) is 6.16. The highest BCUT2D eigenvalue weighted by molar-refractivity contribution is 7.09. The summed E-state index contributed by atoms with van der Waals surface area (Å²) in [7, 11) is 1.93. The minimum atomic E-state index is -0.0628. The Morgan fingerprint density at radius 1 is 1.09 bits per heavy atom. The maximum absolute atomic E-state index is 13.2. The molecule has 2 heterocycles. The number of amides is 2. The van der Waals surface area contributed by atoms with Crippen LogP contribution in [0, 0.1) is 0 Å². The van der Waals surface area contributed by atoms with Crippen LogP contribution in [-0.2, 0) is 4.79 Å². The topological polar surface area (TPSA) is 53.5 Å². The van der Waals surface area contributed by atoms with Crippen molar-refractivity contribution in [2.45, 2.75) is 76.2 Å². The third kappa shape index (κ3) is 5.06. The van der Waals surface area contributed by atoms with E-state index in [0.717, 1.165) is 55.8 Å². The summed E-state index contributed by atoms with van der Waals surface area (Å²) in [4.78, 5) is 34.8. The van der Waals surface area contributed by atoms with Crippen LogP contribution in [0.5, 0.6) is 0 Å². The Morgan fingerprint density at radius 2 is 1.78 bits per heavy atom. The maximum Gasteiger partial charge on any atom is 0.273 e. The van der Waals surface area contributed by atoms with Crippen LogP contribution in [0.2, 0.25) is 0 Å². The molecule has 172 valence electrons. The molecule has 1 aromatic heterocycles. The van der Waals surface area contributed by atoms with Crippen LogP contribution in [0.15, 0.2) is 35.7 Å². The summed E-state index contributed by atoms with van der Waals surface area (Å²) in [6, 6.07) is 10.5. The summed E-state index contributed by atoms with van der Waals surface area (Å²) in [5.41, 5.74) is 1.69. The van der Waals surface area contributed by atoms with E-state index in [2.05, 4.69) is 19.1 Å². The zero-order valence-corrected chi connectivity index (χ0v) is 20.2. The molecule has 0 spiro atoms. The number of benzene rings is 1. The highest BCUT2D eigenvalue weighted by Crippen LogP contribution is 2.33. The fraction of sp³-hybridized carbons (Fsp3) is 0.577. The number of hydrogen-bond donors (Lipinski definition) is 0. The van der Waals surface area contributed by atoms with Crippen molar-refractivity contribution >= 4 is 23.2 Å². The Kier molecular flexibility index (Phi) is 7.61. The van der Waals surface area contributed by atoms with Gasteiger partial charge < -0.3 is 9.80 Å². The van der Waals surface area contributed by atoms with Crippen LogP contribution in [0.3, 0.4) is 0 Å². The second-order valence-electron chi connectivity index (χ2n) is 9.25. The molecule has 1 saturated carbocycles. The number of rotatable bonds is 6. The number of carbonyl (C=O) groups is 2. The number of likely N-dealkylation sites (tertiary alicyclic amines) is 1. The highest BCUT2D eigenvalue weighted by Gasteiger charge is 2.31. The van der Waals surface area contributed by atoms with Crippen LogP contribution in [0.1, 0.15) is 91.2 Å². The number of nitrogens with zero attached hydrogens (tertiary/aromatic N) is 3. The van der Waals surface area contributed by atoms with Gasteiger partial charge in [0.25, 0.3) is 5.91 Å². The molecule has 2 fully saturated rings. The summed E-state index contributed by atoms with van der Waals surface area (Å²) in [5, 5.41) is 2.98. The first kappa shape index (κ1) is 23.0. The normalized spacial score (nSPS) is 19.0. The van der Waals surface area contributed by atoms with Crippen LogP contribution >= 0.6 is 11.3 Å². The number of hydrogen-bond acceptors (Lipinski definition) is 4. The van der Waals surface area contributed by atoms with Crippen molar-refractivity contribution in [3.05, 3.63) is 52.0 Å². The Hall–Kier alpha value is -2.21. The molecule has 1 aliphatic heterocycles. The fourth-order valence-electron chi connectivity index (χ4n) is 5.19.